The van der Waals surface area contributed by atoms with Crippen LogP contribution in [-0.2, 0) is 15.6 Å². The highest BCUT2D eigenvalue weighted by Crippen LogP contribution is 2.44. The Hall–Kier alpha value is -2.55. The molecule has 0 aliphatic carbocycles. The van der Waals surface area contributed by atoms with Crippen LogP contribution in [0.25, 0.3) is 5.57 Å². The zero-order valence-corrected chi connectivity index (χ0v) is 19.5. The van der Waals surface area contributed by atoms with Gasteiger partial charge in [0, 0.05) is 17.0 Å². The number of carbonyl (C=O) groups is 1. The van der Waals surface area contributed by atoms with E-state index in [9.17, 15) is 15.0 Å². The summed E-state index contributed by atoms with van der Waals surface area (Å²) in [5.41, 5.74) is 4.27. The molecule has 0 amide bonds. The Bertz CT molecular complexity index is 951. The molecule has 0 saturated heterocycles. The van der Waals surface area contributed by atoms with Crippen LogP contribution in [-0.4, -0.2) is 16.2 Å². The van der Waals surface area contributed by atoms with Crippen molar-refractivity contribution in [1.82, 2.24) is 0 Å². The molecule has 0 fully saturated rings. The highest BCUT2D eigenvalue weighted by Gasteiger charge is 2.30. The molecule has 1 unspecified atom stereocenters. The van der Waals surface area contributed by atoms with E-state index in [1.807, 2.05) is 25.1 Å². The van der Waals surface area contributed by atoms with Crippen LogP contribution >= 0.6 is 0 Å². The molecule has 0 radical (unpaired) electrons. The van der Waals surface area contributed by atoms with E-state index in [-0.39, 0.29) is 22.3 Å². The molecule has 162 valence electrons. The molecule has 0 aliphatic heterocycles. The van der Waals surface area contributed by atoms with Crippen LogP contribution < -0.4 is 0 Å². The average Bonchev–Trinajstić information content (AvgIpc) is 2.72. The van der Waals surface area contributed by atoms with Crippen molar-refractivity contribution < 1.29 is 15.0 Å². The average molecular weight is 409 g/mol. The number of hydrogen-bond donors (Lipinski definition) is 2. The van der Waals surface area contributed by atoms with E-state index in [1.54, 1.807) is 6.07 Å². The van der Waals surface area contributed by atoms with Gasteiger partial charge in [0.2, 0.25) is 0 Å². The van der Waals surface area contributed by atoms with Crippen LogP contribution in [0.15, 0.2) is 43.0 Å². The fourth-order valence-electron chi connectivity index (χ4n) is 3.72. The summed E-state index contributed by atoms with van der Waals surface area (Å²) in [6, 6.07) is 11.7. The third-order valence-electron chi connectivity index (χ3n) is 6.89. The minimum atomic E-state index is -1.03. The third-order valence-corrected chi connectivity index (χ3v) is 6.89. The van der Waals surface area contributed by atoms with E-state index in [0.29, 0.717) is 11.3 Å². The maximum atomic E-state index is 11.6. The van der Waals surface area contributed by atoms with Gasteiger partial charge in [-0.3, -0.25) is 0 Å². The van der Waals surface area contributed by atoms with Crippen molar-refractivity contribution in [3.63, 3.8) is 0 Å². The van der Waals surface area contributed by atoms with Gasteiger partial charge in [-0.2, -0.15) is 0 Å². The number of aromatic hydroxyl groups is 1. The molecule has 0 spiro atoms. The molecular formula is C27H36O3. The largest absolute Gasteiger partial charge is 0.507 e. The van der Waals surface area contributed by atoms with Crippen LogP contribution in [0, 0.1) is 0 Å². The molecule has 2 N–H and O–H groups in total. The Labute approximate surface area is 181 Å². The van der Waals surface area contributed by atoms with Gasteiger partial charge in [-0.1, -0.05) is 91.4 Å². The SMILES string of the molecule is C=C(C(=O)O)c1ccccc1C(C)c1cc(C(C)(C)CC)cc(C(C)(C)CC)c1O. The van der Waals surface area contributed by atoms with Crippen molar-refractivity contribution in [2.45, 2.75) is 78.1 Å². The molecule has 0 saturated carbocycles. The second kappa shape index (κ2) is 8.67. The van der Waals surface area contributed by atoms with Crippen LogP contribution in [0.1, 0.15) is 95.0 Å². The second-order valence-corrected chi connectivity index (χ2v) is 9.53. The zero-order chi connectivity index (χ0) is 22.9. The number of hydrogen-bond acceptors (Lipinski definition) is 2. The molecule has 3 heteroatoms. The van der Waals surface area contributed by atoms with Gasteiger partial charge >= 0.3 is 5.97 Å². The highest BCUT2D eigenvalue weighted by atomic mass is 16.4. The molecule has 30 heavy (non-hydrogen) atoms. The maximum absolute atomic E-state index is 11.6. The van der Waals surface area contributed by atoms with Gasteiger partial charge in [0.1, 0.15) is 5.75 Å². The van der Waals surface area contributed by atoms with Gasteiger partial charge < -0.3 is 10.2 Å². The first kappa shape index (κ1) is 23.7. The maximum Gasteiger partial charge on any atom is 0.335 e. The van der Waals surface area contributed by atoms with E-state index in [0.717, 1.165) is 29.5 Å². The molecule has 0 aromatic heterocycles. The lowest BCUT2D eigenvalue weighted by Gasteiger charge is -2.32. The van der Waals surface area contributed by atoms with Gasteiger partial charge in [-0.15, -0.1) is 0 Å². The standard InChI is InChI=1S/C27H36O3/c1-9-26(5,6)19-15-22(24(28)23(16-19)27(7,8)10-2)17(3)20-13-11-12-14-21(20)18(4)25(29)30/h11-17,28H,4,9-10H2,1-3,5-8H3,(H,29,30). The van der Waals surface area contributed by atoms with Crippen molar-refractivity contribution in [1.29, 1.82) is 0 Å². The Balaban J connectivity index is 2.79. The lowest BCUT2D eigenvalue weighted by molar-refractivity contribution is -0.130. The zero-order valence-electron chi connectivity index (χ0n) is 19.5. The summed E-state index contributed by atoms with van der Waals surface area (Å²) in [5, 5.41) is 20.8. The van der Waals surface area contributed by atoms with Gasteiger partial charge in [-0.25, -0.2) is 4.79 Å². The van der Waals surface area contributed by atoms with E-state index >= 15 is 0 Å². The number of carboxylic acid groups (broad SMARTS) is 1. The Morgan fingerprint density at radius 2 is 1.57 bits per heavy atom. The van der Waals surface area contributed by atoms with E-state index in [1.165, 1.54) is 5.56 Å². The Kier molecular flexibility index (Phi) is 6.86. The molecule has 0 bridgehead atoms. The summed E-state index contributed by atoms with van der Waals surface area (Å²) >= 11 is 0. The molecule has 0 heterocycles. The lowest BCUT2D eigenvalue weighted by Crippen LogP contribution is -2.21. The van der Waals surface area contributed by atoms with Crippen LogP contribution in [0.5, 0.6) is 5.75 Å². The van der Waals surface area contributed by atoms with E-state index in [2.05, 4.69) is 60.3 Å². The number of benzene rings is 2. The lowest BCUT2D eigenvalue weighted by atomic mass is 9.73. The van der Waals surface area contributed by atoms with Crippen LogP contribution in [0.4, 0.5) is 0 Å². The summed E-state index contributed by atoms with van der Waals surface area (Å²) in [7, 11) is 0. The van der Waals surface area contributed by atoms with Crippen molar-refractivity contribution in [2.75, 3.05) is 0 Å². The van der Waals surface area contributed by atoms with Crippen LogP contribution in [0.2, 0.25) is 0 Å². The number of aliphatic carboxylic acids is 1. The van der Waals surface area contributed by atoms with Crippen molar-refractivity contribution in [3.8, 4) is 5.75 Å². The molecule has 3 nitrogen and oxygen atoms in total. The first-order valence-corrected chi connectivity index (χ1v) is 10.8. The highest BCUT2D eigenvalue weighted by molar-refractivity contribution is 6.15. The fraction of sp³-hybridized carbons (Fsp3) is 0.444. The van der Waals surface area contributed by atoms with Gasteiger partial charge in [0.15, 0.2) is 0 Å². The molecule has 0 aliphatic rings. The first-order valence-electron chi connectivity index (χ1n) is 10.8. The third kappa shape index (κ3) is 4.45. The van der Waals surface area contributed by atoms with Crippen molar-refractivity contribution >= 4 is 11.5 Å². The predicted octanol–water partition coefficient (Wildman–Crippen LogP) is 7.02. The Morgan fingerprint density at radius 1 is 1.00 bits per heavy atom. The Morgan fingerprint density at radius 3 is 2.10 bits per heavy atom. The fourth-order valence-corrected chi connectivity index (χ4v) is 3.72. The minimum absolute atomic E-state index is 0.0368. The molecule has 1 atom stereocenters. The second-order valence-electron chi connectivity index (χ2n) is 9.53. The summed E-state index contributed by atoms with van der Waals surface area (Å²) in [4.78, 5) is 11.6. The normalized spacial score (nSPS) is 13.2. The van der Waals surface area contributed by atoms with Gasteiger partial charge in [0.05, 0.1) is 5.57 Å². The molecular weight excluding hydrogens is 372 g/mol. The topological polar surface area (TPSA) is 57.5 Å². The summed E-state index contributed by atoms with van der Waals surface area (Å²) in [6.07, 6.45) is 1.88. The smallest absolute Gasteiger partial charge is 0.335 e. The monoisotopic (exact) mass is 408 g/mol. The summed E-state index contributed by atoms with van der Waals surface area (Å²) in [6.45, 7) is 18.8. The summed E-state index contributed by atoms with van der Waals surface area (Å²) in [5.74, 6) is -0.912. The van der Waals surface area contributed by atoms with E-state index < -0.39 is 5.97 Å². The number of carboxylic acids is 1. The van der Waals surface area contributed by atoms with Gasteiger partial charge in [-0.05, 0) is 40.4 Å². The van der Waals surface area contributed by atoms with Crippen molar-refractivity contribution in [3.05, 3.63) is 70.8 Å². The minimum Gasteiger partial charge on any atom is -0.507 e. The van der Waals surface area contributed by atoms with Crippen molar-refractivity contribution in [2.24, 2.45) is 0 Å². The van der Waals surface area contributed by atoms with Gasteiger partial charge in [0.25, 0.3) is 0 Å². The molecule has 2 aromatic rings. The van der Waals surface area contributed by atoms with Crippen LogP contribution in [0.3, 0.4) is 0 Å². The number of phenols is 1. The molecule has 2 aromatic carbocycles. The molecule has 2 rings (SSSR count). The first-order chi connectivity index (χ1) is 13.9. The number of phenolic OH excluding ortho intramolecular Hbond substituents is 1. The summed E-state index contributed by atoms with van der Waals surface area (Å²) < 4.78 is 0. The van der Waals surface area contributed by atoms with E-state index in [4.69, 9.17) is 0 Å². The predicted molar refractivity (Wildman–Crippen MR) is 125 cm³/mol. The quantitative estimate of drug-likeness (QED) is 0.462. The number of rotatable bonds is 8.